The van der Waals surface area contributed by atoms with Gasteiger partial charge in [0, 0.05) is 32.7 Å². The van der Waals surface area contributed by atoms with Crippen LogP contribution in [-0.4, -0.2) is 69.0 Å². The quantitative estimate of drug-likeness (QED) is 0.732. The van der Waals surface area contributed by atoms with E-state index < -0.39 is 10.0 Å². The highest BCUT2D eigenvalue weighted by Crippen LogP contribution is 2.29. The van der Waals surface area contributed by atoms with Gasteiger partial charge in [-0.1, -0.05) is 11.6 Å². The second-order valence-corrected chi connectivity index (χ2v) is 8.61. The molecule has 2 aliphatic rings. The Morgan fingerprint density at radius 3 is 2.40 bits per heavy atom. The molecule has 2 heterocycles. The van der Waals surface area contributed by atoms with Gasteiger partial charge in [0.2, 0.25) is 16.4 Å². The summed E-state index contributed by atoms with van der Waals surface area (Å²) in [5.41, 5.74) is 0.839. The number of hydrogen-bond donors (Lipinski definition) is 0. The van der Waals surface area contributed by atoms with Crippen LogP contribution in [0.5, 0.6) is 0 Å². The van der Waals surface area contributed by atoms with Crippen LogP contribution < -0.4 is 4.31 Å². The van der Waals surface area contributed by atoms with Crippen LogP contribution in [0.15, 0.2) is 18.2 Å². The fraction of sp³-hybridized carbons (Fsp3) is 0.500. The van der Waals surface area contributed by atoms with Gasteiger partial charge in [-0.3, -0.25) is 13.9 Å². The van der Waals surface area contributed by atoms with E-state index in [4.69, 9.17) is 11.6 Å². The Morgan fingerprint density at radius 1 is 1.08 bits per heavy atom. The van der Waals surface area contributed by atoms with E-state index in [0.717, 1.165) is 12.8 Å². The van der Waals surface area contributed by atoms with Crippen molar-refractivity contribution in [3.8, 4) is 0 Å². The van der Waals surface area contributed by atoms with Crippen molar-refractivity contribution in [3.63, 3.8) is 0 Å². The largest absolute Gasteiger partial charge is 0.342 e. The fourth-order valence-electron chi connectivity index (χ4n) is 3.11. The summed E-state index contributed by atoms with van der Waals surface area (Å²) in [6.45, 7) is 2.33. The molecule has 136 valence electrons. The molecule has 1 aromatic rings. The summed E-state index contributed by atoms with van der Waals surface area (Å²) in [4.78, 5) is 26.7. The van der Waals surface area contributed by atoms with Gasteiger partial charge in [0.05, 0.1) is 22.0 Å². The third kappa shape index (κ3) is 3.74. The van der Waals surface area contributed by atoms with Crippen molar-refractivity contribution in [2.75, 3.05) is 42.8 Å². The highest BCUT2D eigenvalue weighted by molar-refractivity contribution is 7.92. The maximum absolute atomic E-state index is 12.6. The third-order valence-electron chi connectivity index (χ3n) is 4.57. The Bertz CT molecular complexity index is 776. The van der Waals surface area contributed by atoms with Crippen LogP contribution in [0.25, 0.3) is 0 Å². The predicted octanol–water partition coefficient (Wildman–Crippen LogP) is 1.18. The summed E-state index contributed by atoms with van der Waals surface area (Å²) in [5.74, 6) is -0.0737. The van der Waals surface area contributed by atoms with Gasteiger partial charge in [-0.2, -0.15) is 0 Å². The summed E-state index contributed by atoms with van der Waals surface area (Å²) in [6.07, 6.45) is 2.25. The molecule has 2 aliphatic heterocycles. The van der Waals surface area contributed by atoms with E-state index in [9.17, 15) is 18.0 Å². The Hall–Kier alpha value is -1.80. The Kier molecular flexibility index (Phi) is 5.19. The van der Waals surface area contributed by atoms with E-state index in [1.54, 1.807) is 28.0 Å². The molecule has 0 N–H and O–H groups in total. The van der Waals surface area contributed by atoms with Crippen LogP contribution in [0.3, 0.4) is 0 Å². The molecular formula is C16H20ClN3O4S. The van der Waals surface area contributed by atoms with Crippen molar-refractivity contribution in [3.05, 3.63) is 28.8 Å². The first-order valence-electron chi connectivity index (χ1n) is 8.21. The molecule has 0 spiro atoms. The number of halogens is 1. The SMILES string of the molecule is O=CN1CCN(C(=O)c2ccc(N3CCCCS3(=O)=O)cc2Cl)CC1. The number of benzene rings is 1. The summed E-state index contributed by atoms with van der Waals surface area (Å²) < 4.78 is 25.7. The maximum Gasteiger partial charge on any atom is 0.255 e. The zero-order chi connectivity index (χ0) is 18.0. The molecule has 2 fully saturated rings. The van der Waals surface area contributed by atoms with Crippen LogP contribution in [0, 0.1) is 0 Å². The molecule has 3 rings (SSSR count). The lowest BCUT2D eigenvalue weighted by Crippen LogP contribution is -2.48. The van der Waals surface area contributed by atoms with Crippen LogP contribution in [0.2, 0.25) is 5.02 Å². The van der Waals surface area contributed by atoms with E-state index in [1.807, 2.05) is 0 Å². The predicted molar refractivity (Wildman–Crippen MR) is 95.4 cm³/mol. The Morgan fingerprint density at radius 2 is 1.80 bits per heavy atom. The molecule has 2 amide bonds. The van der Waals surface area contributed by atoms with E-state index in [0.29, 0.717) is 50.4 Å². The highest BCUT2D eigenvalue weighted by Gasteiger charge is 2.28. The van der Waals surface area contributed by atoms with Crippen LogP contribution in [0.4, 0.5) is 5.69 Å². The van der Waals surface area contributed by atoms with Crippen LogP contribution in [0.1, 0.15) is 23.2 Å². The summed E-state index contributed by atoms with van der Waals surface area (Å²) in [5, 5.41) is 0.237. The molecule has 9 heteroatoms. The molecule has 0 bridgehead atoms. The normalized spacial score (nSPS) is 20.4. The summed E-state index contributed by atoms with van der Waals surface area (Å²) in [6, 6.07) is 4.75. The zero-order valence-corrected chi connectivity index (χ0v) is 15.3. The van der Waals surface area contributed by atoms with E-state index >= 15 is 0 Å². The van der Waals surface area contributed by atoms with E-state index in [-0.39, 0.29) is 16.7 Å². The average molecular weight is 386 g/mol. The molecule has 2 saturated heterocycles. The van der Waals surface area contributed by atoms with Gasteiger partial charge in [-0.15, -0.1) is 0 Å². The standard InChI is InChI=1S/C16H20ClN3O4S/c17-15-11-13(20-5-1-2-10-25(20,23)24)3-4-14(15)16(22)19-8-6-18(12-21)7-9-19/h3-4,11-12H,1-2,5-10H2. The van der Waals surface area contributed by atoms with Crippen molar-refractivity contribution in [1.29, 1.82) is 0 Å². The molecule has 0 saturated carbocycles. The molecule has 0 unspecified atom stereocenters. The Balaban J connectivity index is 1.78. The summed E-state index contributed by atoms with van der Waals surface area (Å²) in [7, 11) is -3.32. The van der Waals surface area contributed by atoms with Crippen LogP contribution >= 0.6 is 11.6 Å². The number of nitrogens with zero attached hydrogens (tertiary/aromatic N) is 3. The number of sulfonamides is 1. The molecule has 0 aromatic heterocycles. The average Bonchev–Trinajstić information content (AvgIpc) is 2.61. The number of hydrogen-bond acceptors (Lipinski definition) is 4. The van der Waals surface area contributed by atoms with Crippen molar-refractivity contribution in [2.45, 2.75) is 12.8 Å². The van der Waals surface area contributed by atoms with Gasteiger partial charge in [0.15, 0.2) is 0 Å². The first kappa shape index (κ1) is 18.0. The highest BCUT2D eigenvalue weighted by atomic mass is 35.5. The van der Waals surface area contributed by atoms with E-state index in [2.05, 4.69) is 0 Å². The molecule has 7 nitrogen and oxygen atoms in total. The minimum absolute atomic E-state index is 0.131. The molecule has 25 heavy (non-hydrogen) atoms. The first-order chi connectivity index (χ1) is 11.9. The lowest BCUT2D eigenvalue weighted by molar-refractivity contribution is -0.119. The topological polar surface area (TPSA) is 78.0 Å². The van der Waals surface area contributed by atoms with Gasteiger partial charge in [-0.05, 0) is 31.0 Å². The Labute approximate surface area is 152 Å². The first-order valence-corrected chi connectivity index (χ1v) is 10.2. The molecule has 0 atom stereocenters. The van der Waals surface area contributed by atoms with E-state index in [1.165, 1.54) is 4.31 Å². The van der Waals surface area contributed by atoms with Gasteiger partial charge in [0.1, 0.15) is 0 Å². The van der Waals surface area contributed by atoms with Crippen molar-refractivity contribution >= 4 is 39.6 Å². The smallest absolute Gasteiger partial charge is 0.255 e. The number of carbonyl (C=O) groups is 2. The maximum atomic E-state index is 12.6. The second-order valence-electron chi connectivity index (χ2n) is 6.19. The summed E-state index contributed by atoms with van der Waals surface area (Å²) >= 11 is 6.28. The number of anilines is 1. The van der Waals surface area contributed by atoms with Crippen molar-refractivity contribution in [2.24, 2.45) is 0 Å². The third-order valence-corrected chi connectivity index (χ3v) is 6.75. The van der Waals surface area contributed by atoms with Crippen LogP contribution in [-0.2, 0) is 14.8 Å². The second kappa shape index (κ2) is 7.21. The fourth-order valence-corrected chi connectivity index (χ4v) is 5.00. The van der Waals surface area contributed by atoms with Gasteiger partial charge in [-0.25, -0.2) is 8.42 Å². The van der Waals surface area contributed by atoms with Crippen molar-refractivity contribution < 1.29 is 18.0 Å². The number of amides is 2. The molecular weight excluding hydrogens is 366 g/mol. The van der Waals surface area contributed by atoms with Crippen molar-refractivity contribution in [1.82, 2.24) is 9.80 Å². The van der Waals surface area contributed by atoms with Gasteiger partial charge in [0.25, 0.3) is 5.91 Å². The molecule has 0 aliphatic carbocycles. The zero-order valence-electron chi connectivity index (χ0n) is 13.7. The number of piperazine rings is 1. The molecule has 0 radical (unpaired) electrons. The monoisotopic (exact) mass is 385 g/mol. The molecule has 1 aromatic carbocycles. The van der Waals surface area contributed by atoms with Gasteiger partial charge >= 0.3 is 0 Å². The minimum atomic E-state index is -3.32. The lowest BCUT2D eigenvalue weighted by Gasteiger charge is -2.33. The van der Waals surface area contributed by atoms with Gasteiger partial charge < -0.3 is 9.80 Å². The number of carbonyl (C=O) groups excluding carboxylic acids is 2. The lowest BCUT2D eigenvalue weighted by atomic mass is 10.1. The number of rotatable bonds is 3. The minimum Gasteiger partial charge on any atom is -0.342 e.